The minimum Gasteiger partial charge on any atom is -0.497 e. The molecule has 0 saturated carbocycles. The van der Waals surface area contributed by atoms with Crippen molar-refractivity contribution in [2.75, 3.05) is 19.0 Å². The minimum absolute atomic E-state index is 0.691. The molecule has 1 aliphatic rings. The largest absolute Gasteiger partial charge is 0.497 e. The Morgan fingerprint density at radius 2 is 2.14 bits per heavy atom. The highest BCUT2D eigenvalue weighted by atomic mass is 35.5. The first-order valence-electron chi connectivity index (χ1n) is 7.00. The Morgan fingerprint density at radius 1 is 1.29 bits per heavy atom. The fourth-order valence-corrected chi connectivity index (χ4v) is 2.89. The monoisotopic (exact) mass is 303 g/mol. The van der Waals surface area contributed by atoms with Crippen molar-refractivity contribution in [3.8, 4) is 11.5 Å². The van der Waals surface area contributed by atoms with Crippen molar-refractivity contribution in [2.24, 2.45) is 0 Å². The van der Waals surface area contributed by atoms with Crippen molar-refractivity contribution >= 4 is 17.3 Å². The summed E-state index contributed by atoms with van der Waals surface area (Å²) < 4.78 is 10.9. The molecule has 0 unspecified atom stereocenters. The van der Waals surface area contributed by atoms with Crippen LogP contribution >= 0.6 is 11.6 Å². The first-order chi connectivity index (χ1) is 10.2. The number of fused-ring (bicyclic) bond motifs is 1. The second-order valence-corrected chi connectivity index (χ2v) is 5.62. The van der Waals surface area contributed by atoms with Crippen LogP contribution in [0.2, 0.25) is 5.02 Å². The SMILES string of the molecule is COc1ccc(NCc2cc(Cl)cc3c2OCC3)c(C)c1. The van der Waals surface area contributed by atoms with E-state index < -0.39 is 0 Å². The van der Waals surface area contributed by atoms with Crippen LogP contribution in [0.4, 0.5) is 5.69 Å². The van der Waals surface area contributed by atoms with E-state index in [1.165, 1.54) is 5.56 Å². The van der Waals surface area contributed by atoms with Crippen LogP contribution in [0.25, 0.3) is 0 Å². The lowest BCUT2D eigenvalue weighted by Gasteiger charge is -2.13. The Labute approximate surface area is 129 Å². The van der Waals surface area contributed by atoms with Crippen molar-refractivity contribution in [1.82, 2.24) is 0 Å². The summed E-state index contributed by atoms with van der Waals surface area (Å²) in [7, 11) is 1.68. The number of halogens is 1. The summed E-state index contributed by atoms with van der Waals surface area (Å²) in [4.78, 5) is 0. The molecule has 4 heteroatoms. The summed E-state index contributed by atoms with van der Waals surface area (Å²) >= 11 is 6.18. The molecule has 3 rings (SSSR count). The van der Waals surface area contributed by atoms with Gasteiger partial charge in [0.25, 0.3) is 0 Å². The maximum atomic E-state index is 6.18. The van der Waals surface area contributed by atoms with Crippen molar-refractivity contribution in [1.29, 1.82) is 0 Å². The number of hydrogen-bond donors (Lipinski definition) is 1. The third-order valence-corrected chi connectivity index (χ3v) is 3.95. The smallest absolute Gasteiger partial charge is 0.127 e. The molecule has 0 fully saturated rings. The van der Waals surface area contributed by atoms with Gasteiger partial charge in [0.05, 0.1) is 13.7 Å². The lowest BCUT2D eigenvalue weighted by atomic mass is 10.1. The van der Waals surface area contributed by atoms with E-state index in [1.54, 1.807) is 7.11 Å². The van der Waals surface area contributed by atoms with Gasteiger partial charge in [-0.1, -0.05) is 11.6 Å². The van der Waals surface area contributed by atoms with Crippen LogP contribution in [0.3, 0.4) is 0 Å². The molecule has 21 heavy (non-hydrogen) atoms. The molecule has 0 bridgehead atoms. The topological polar surface area (TPSA) is 30.5 Å². The van der Waals surface area contributed by atoms with Crippen LogP contribution in [0.1, 0.15) is 16.7 Å². The fourth-order valence-electron chi connectivity index (χ4n) is 2.63. The van der Waals surface area contributed by atoms with Gasteiger partial charge in [-0.15, -0.1) is 0 Å². The highest BCUT2D eigenvalue weighted by Crippen LogP contribution is 2.33. The molecule has 0 atom stereocenters. The molecule has 1 aliphatic heterocycles. The number of anilines is 1. The first-order valence-corrected chi connectivity index (χ1v) is 7.38. The van der Waals surface area contributed by atoms with Gasteiger partial charge >= 0.3 is 0 Å². The Bertz CT molecular complexity index is 670. The van der Waals surface area contributed by atoms with E-state index in [0.717, 1.165) is 46.4 Å². The lowest BCUT2D eigenvalue weighted by Crippen LogP contribution is -2.03. The molecule has 2 aromatic rings. The van der Waals surface area contributed by atoms with E-state index in [0.29, 0.717) is 6.54 Å². The minimum atomic E-state index is 0.691. The number of aryl methyl sites for hydroxylation is 1. The molecule has 1 heterocycles. The second kappa shape index (κ2) is 5.86. The standard InChI is InChI=1S/C17H18ClNO2/c1-11-7-15(20-2)3-4-16(11)19-10-13-9-14(18)8-12-5-6-21-17(12)13/h3-4,7-9,19H,5-6,10H2,1-2H3. The van der Waals surface area contributed by atoms with Crippen LogP contribution in [0.15, 0.2) is 30.3 Å². The summed E-state index contributed by atoms with van der Waals surface area (Å²) in [6.45, 7) is 3.49. The Kier molecular flexibility index (Phi) is 3.93. The van der Waals surface area contributed by atoms with Crippen molar-refractivity contribution in [3.05, 3.63) is 52.0 Å². The molecular weight excluding hydrogens is 286 g/mol. The van der Waals surface area contributed by atoms with Gasteiger partial charge in [0.1, 0.15) is 11.5 Å². The molecule has 1 N–H and O–H groups in total. The Morgan fingerprint density at radius 3 is 2.90 bits per heavy atom. The van der Waals surface area contributed by atoms with E-state index in [4.69, 9.17) is 21.1 Å². The average Bonchev–Trinajstić information content (AvgIpc) is 2.93. The molecule has 0 saturated heterocycles. The van der Waals surface area contributed by atoms with Crippen molar-refractivity contribution in [2.45, 2.75) is 19.9 Å². The fraction of sp³-hybridized carbons (Fsp3) is 0.294. The van der Waals surface area contributed by atoms with Gasteiger partial charge in [-0.05, 0) is 48.4 Å². The number of nitrogens with one attached hydrogen (secondary N) is 1. The maximum absolute atomic E-state index is 6.18. The average molecular weight is 304 g/mol. The zero-order valence-corrected chi connectivity index (χ0v) is 13.0. The normalized spacial score (nSPS) is 12.7. The van der Waals surface area contributed by atoms with Crippen molar-refractivity contribution in [3.63, 3.8) is 0 Å². The Hall–Kier alpha value is -1.87. The molecule has 0 spiro atoms. The van der Waals surface area contributed by atoms with Crippen LogP contribution < -0.4 is 14.8 Å². The van der Waals surface area contributed by atoms with Gasteiger partial charge in [-0.3, -0.25) is 0 Å². The van der Waals surface area contributed by atoms with Crippen LogP contribution in [0, 0.1) is 6.92 Å². The molecule has 110 valence electrons. The molecule has 0 aromatic heterocycles. The van der Waals surface area contributed by atoms with Crippen LogP contribution in [-0.4, -0.2) is 13.7 Å². The molecule has 0 aliphatic carbocycles. The lowest BCUT2D eigenvalue weighted by molar-refractivity contribution is 0.354. The van der Waals surface area contributed by atoms with E-state index in [9.17, 15) is 0 Å². The van der Waals surface area contributed by atoms with Gasteiger partial charge in [-0.2, -0.15) is 0 Å². The van der Waals surface area contributed by atoms with E-state index >= 15 is 0 Å². The summed E-state index contributed by atoms with van der Waals surface area (Å²) in [5.41, 5.74) is 4.53. The summed E-state index contributed by atoms with van der Waals surface area (Å²) in [5, 5.41) is 4.21. The number of benzene rings is 2. The van der Waals surface area contributed by atoms with Gasteiger partial charge in [0, 0.05) is 29.2 Å². The Balaban J connectivity index is 1.79. The predicted octanol–water partition coefficient (Wildman–Crippen LogP) is 4.20. The van der Waals surface area contributed by atoms with Crippen LogP contribution in [0.5, 0.6) is 11.5 Å². The van der Waals surface area contributed by atoms with Gasteiger partial charge in [-0.25, -0.2) is 0 Å². The number of hydrogen-bond acceptors (Lipinski definition) is 3. The predicted molar refractivity (Wildman–Crippen MR) is 85.7 cm³/mol. The molecule has 0 radical (unpaired) electrons. The van der Waals surface area contributed by atoms with E-state index in [1.807, 2.05) is 30.3 Å². The molecular formula is C17H18ClNO2. The third-order valence-electron chi connectivity index (χ3n) is 3.73. The number of methoxy groups -OCH3 is 1. The second-order valence-electron chi connectivity index (χ2n) is 5.19. The number of rotatable bonds is 4. The molecule has 0 amide bonds. The molecule has 3 nitrogen and oxygen atoms in total. The maximum Gasteiger partial charge on any atom is 0.127 e. The van der Waals surface area contributed by atoms with Gasteiger partial charge in [0.2, 0.25) is 0 Å². The summed E-state index contributed by atoms with van der Waals surface area (Å²) in [6.07, 6.45) is 0.935. The van der Waals surface area contributed by atoms with Gasteiger partial charge < -0.3 is 14.8 Å². The van der Waals surface area contributed by atoms with E-state index in [2.05, 4.69) is 12.2 Å². The highest BCUT2D eigenvalue weighted by molar-refractivity contribution is 6.30. The third kappa shape index (κ3) is 2.93. The zero-order valence-electron chi connectivity index (χ0n) is 12.2. The number of ether oxygens (including phenoxy) is 2. The van der Waals surface area contributed by atoms with Crippen LogP contribution in [-0.2, 0) is 13.0 Å². The van der Waals surface area contributed by atoms with Crippen molar-refractivity contribution < 1.29 is 9.47 Å². The summed E-state index contributed by atoms with van der Waals surface area (Å²) in [6, 6.07) is 9.96. The summed E-state index contributed by atoms with van der Waals surface area (Å²) in [5.74, 6) is 1.85. The first kappa shape index (κ1) is 14.1. The molecule has 2 aromatic carbocycles. The quantitative estimate of drug-likeness (QED) is 0.918. The van der Waals surface area contributed by atoms with Gasteiger partial charge in [0.15, 0.2) is 0 Å². The highest BCUT2D eigenvalue weighted by Gasteiger charge is 2.17. The zero-order chi connectivity index (χ0) is 14.8. The van der Waals surface area contributed by atoms with E-state index in [-0.39, 0.29) is 0 Å².